The number of imide groups is 2. The highest BCUT2D eigenvalue weighted by Crippen LogP contribution is 2.29. The van der Waals surface area contributed by atoms with E-state index < -0.39 is 17.8 Å². The highest BCUT2D eigenvalue weighted by Gasteiger charge is 2.37. The van der Waals surface area contributed by atoms with Crippen molar-refractivity contribution >= 4 is 73.1 Å². The Morgan fingerprint density at radius 3 is 2.41 bits per heavy atom. The molecule has 1 fully saturated rings. The largest absolute Gasteiger partial charge is 0.483 e. The van der Waals surface area contributed by atoms with Gasteiger partial charge in [-0.2, -0.15) is 0 Å². The maximum atomic E-state index is 13.2. The molecule has 2 N–H and O–H groups in total. The summed E-state index contributed by atoms with van der Waals surface area (Å²) < 4.78 is 7.18. The number of ether oxygens (including phenoxy) is 1. The zero-order valence-electron chi connectivity index (χ0n) is 19.8. The van der Waals surface area contributed by atoms with Crippen LogP contribution < -0.4 is 20.3 Å². The molecule has 3 aromatic carbocycles. The molecule has 188 valence electrons. The van der Waals surface area contributed by atoms with Crippen molar-refractivity contribution in [3.63, 3.8) is 0 Å². The predicted octanol–water partition coefficient (Wildman–Crippen LogP) is 5.51. The zero-order chi connectivity index (χ0) is 26.7. The summed E-state index contributed by atoms with van der Waals surface area (Å²) in [6, 6.07) is 16.4. The Labute approximate surface area is 229 Å². The molecule has 5 amide bonds. The Morgan fingerprint density at radius 1 is 0.973 bits per heavy atom. The average Bonchev–Trinajstić information content (AvgIpc) is 2.84. The number of hydrogen-bond acceptors (Lipinski definition) is 5. The molecule has 0 atom stereocenters. The summed E-state index contributed by atoms with van der Waals surface area (Å²) in [5.41, 5.74) is 3.03. The van der Waals surface area contributed by atoms with E-state index in [1.807, 2.05) is 32.0 Å². The Balaban J connectivity index is 1.58. The van der Waals surface area contributed by atoms with E-state index in [9.17, 15) is 19.2 Å². The molecule has 3 aromatic rings. The van der Waals surface area contributed by atoms with Gasteiger partial charge in [0.25, 0.3) is 17.7 Å². The highest BCUT2D eigenvalue weighted by atomic mass is 79.9. The minimum atomic E-state index is -0.844. The number of hydrogen-bond donors (Lipinski definition) is 2. The first-order valence-electron chi connectivity index (χ1n) is 11.1. The molecular formula is C27H21Br2N3O5. The van der Waals surface area contributed by atoms with E-state index in [4.69, 9.17) is 4.74 Å². The first kappa shape index (κ1) is 26.3. The van der Waals surface area contributed by atoms with Crippen LogP contribution in [0.5, 0.6) is 5.75 Å². The topological polar surface area (TPSA) is 105 Å². The van der Waals surface area contributed by atoms with E-state index in [0.29, 0.717) is 21.4 Å². The summed E-state index contributed by atoms with van der Waals surface area (Å²) in [6.45, 7) is 3.53. The first-order valence-corrected chi connectivity index (χ1v) is 12.7. The van der Waals surface area contributed by atoms with Crippen molar-refractivity contribution in [2.45, 2.75) is 13.8 Å². The summed E-state index contributed by atoms with van der Waals surface area (Å²) in [6.07, 6.45) is 1.33. The third-order valence-corrected chi connectivity index (χ3v) is 6.51. The second-order valence-electron chi connectivity index (χ2n) is 8.27. The molecule has 1 heterocycles. The number of nitrogens with one attached hydrogen (secondary N) is 2. The zero-order valence-corrected chi connectivity index (χ0v) is 23.0. The number of nitrogens with zero attached hydrogens (tertiary/aromatic N) is 1. The second-order valence-corrected chi connectivity index (χ2v) is 10.1. The van der Waals surface area contributed by atoms with Crippen LogP contribution in [0, 0.1) is 13.8 Å². The average molecular weight is 627 g/mol. The standard InChI is InChI=1S/C27H21Br2N3O5/c1-15-3-4-16(2)22(11-15)30-24(33)14-37-23-10-7-19(29)12-17(23)13-21-25(34)31-27(36)32(26(21)35)20-8-5-18(28)6-9-20/h3-13H,14H2,1-2H3,(H,30,33)(H,31,34,36)/b21-13+. The van der Waals surface area contributed by atoms with Crippen LogP contribution in [0.25, 0.3) is 6.08 Å². The highest BCUT2D eigenvalue weighted by molar-refractivity contribution is 9.10. The lowest BCUT2D eigenvalue weighted by molar-refractivity contribution is -0.122. The number of aryl methyl sites for hydroxylation is 2. The number of benzene rings is 3. The van der Waals surface area contributed by atoms with Gasteiger partial charge in [0, 0.05) is 20.2 Å². The number of rotatable bonds is 6. The molecule has 0 saturated carbocycles. The fraction of sp³-hybridized carbons (Fsp3) is 0.111. The fourth-order valence-electron chi connectivity index (χ4n) is 3.60. The molecule has 8 nitrogen and oxygen atoms in total. The molecule has 1 aliphatic rings. The monoisotopic (exact) mass is 625 g/mol. The van der Waals surface area contributed by atoms with Crippen LogP contribution in [0.4, 0.5) is 16.2 Å². The lowest BCUT2D eigenvalue weighted by atomic mass is 10.1. The van der Waals surface area contributed by atoms with E-state index >= 15 is 0 Å². The molecule has 0 spiro atoms. The number of carbonyl (C=O) groups is 4. The Hall–Kier alpha value is -3.76. The van der Waals surface area contributed by atoms with Gasteiger partial charge < -0.3 is 10.1 Å². The summed E-state index contributed by atoms with van der Waals surface area (Å²) in [7, 11) is 0. The maximum Gasteiger partial charge on any atom is 0.335 e. The van der Waals surface area contributed by atoms with Gasteiger partial charge in [-0.15, -0.1) is 0 Å². The van der Waals surface area contributed by atoms with Crippen LogP contribution in [0.15, 0.2) is 75.2 Å². The van der Waals surface area contributed by atoms with Crippen LogP contribution in [0.2, 0.25) is 0 Å². The Bertz CT molecular complexity index is 1450. The van der Waals surface area contributed by atoms with Crippen molar-refractivity contribution < 1.29 is 23.9 Å². The van der Waals surface area contributed by atoms with Crippen LogP contribution in [0.1, 0.15) is 16.7 Å². The van der Waals surface area contributed by atoms with E-state index in [-0.39, 0.29) is 23.8 Å². The van der Waals surface area contributed by atoms with Gasteiger partial charge in [-0.25, -0.2) is 9.69 Å². The van der Waals surface area contributed by atoms with Crippen molar-refractivity contribution in [1.29, 1.82) is 0 Å². The molecule has 0 radical (unpaired) electrons. The third-order valence-electron chi connectivity index (χ3n) is 5.48. The summed E-state index contributed by atoms with van der Waals surface area (Å²) in [5.74, 6) is -1.70. The second kappa shape index (κ2) is 11.1. The Morgan fingerprint density at radius 2 is 1.68 bits per heavy atom. The summed E-state index contributed by atoms with van der Waals surface area (Å²) in [4.78, 5) is 51.7. The molecule has 0 unspecified atom stereocenters. The smallest absolute Gasteiger partial charge is 0.335 e. The summed E-state index contributed by atoms with van der Waals surface area (Å²) in [5, 5.41) is 5.02. The molecule has 37 heavy (non-hydrogen) atoms. The van der Waals surface area contributed by atoms with E-state index in [1.165, 1.54) is 6.08 Å². The van der Waals surface area contributed by atoms with Crippen molar-refractivity contribution in [2.75, 3.05) is 16.8 Å². The van der Waals surface area contributed by atoms with Gasteiger partial charge in [-0.3, -0.25) is 19.7 Å². The minimum absolute atomic E-state index is 0.259. The first-order chi connectivity index (χ1) is 17.6. The molecule has 0 aromatic heterocycles. The molecule has 1 saturated heterocycles. The van der Waals surface area contributed by atoms with Gasteiger partial charge >= 0.3 is 6.03 Å². The third kappa shape index (κ3) is 6.15. The minimum Gasteiger partial charge on any atom is -0.483 e. The summed E-state index contributed by atoms with van der Waals surface area (Å²) >= 11 is 6.69. The van der Waals surface area contributed by atoms with E-state index in [1.54, 1.807) is 42.5 Å². The van der Waals surface area contributed by atoms with Gasteiger partial charge in [0.2, 0.25) is 0 Å². The van der Waals surface area contributed by atoms with Gasteiger partial charge in [0.15, 0.2) is 6.61 Å². The number of amides is 5. The Kier molecular flexibility index (Phi) is 7.89. The number of anilines is 2. The quantitative estimate of drug-likeness (QED) is 0.277. The lowest BCUT2D eigenvalue weighted by Gasteiger charge is -2.26. The van der Waals surface area contributed by atoms with Gasteiger partial charge in [-0.1, -0.05) is 44.0 Å². The predicted molar refractivity (Wildman–Crippen MR) is 147 cm³/mol. The van der Waals surface area contributed by atoms with Crippen molar-refractivity contribution in [1.82, 2.24) is 5.32 Å². The van der Waals surface area contributed by atoms with Gasteiger partial charge in [0.1, 0.15) is 11.3 Å². The maximum absolute atomic E-state index is 13.2. The molecule has 10 heteroatoms. The number of carbonyl (C=O) groups excluding carboxylic acids is 4. The van der Waals surface area contributed by atoms with Crippen LogP contribution in [-0.2, 0) is 14.4 Å². The lowest BCUT2D eigenvalue weighted by Crippen LogP contribution is -2.54. The molecule has 0 aliphatic carbocycles. The SMILES string of the molecule is Cc1ccc(C)c(NC(=O)COc2ccc(Br)cc2/C=C2\C(=O)NC(=O)N(c3ccc(Br)cc3)C2=O)c1. The van der Waals surface area contributed by atoms with Crippen molar-refractivity contribution in [3.05, 3.63) is 91.9 Å². The van der Waals surface area contributed by atoms with Crippen LogP contribution >= 0.6 is 31.9 Å². The van der Waals surface area contributed by atoms with E-state index in [0.717, 1.165) is 20.5 Å². The molecule has 0 bridgehead atoms. The number of halogens is 2. The normalized spacial score (nSPS) is 14.5. The molecule has 4 rings (SSSR count). The fourth-order valence-corrected chi connectivity index (χ4v) is 4.24. The molecular weight excluding hydrogens is 606 g/mol. The van der Waals surface area contributed by atoms with Crippen LogP contribution in [-0.4, -0.2) is 30.4 Å². The number of barbiturate groups is 1. The van der Waals surface area contributed by atoms with Gasteiger partial charge in [0.05, 0.1) is 5.69 Å². The van der Waals surface area contributed by atoms with Crippen molar-refractivity contribution in [2.24, 2.45) is 0 Å². The van der Waals surface area contributed by atoms with Crippen molar-refractivity contribution in [3.8, 4) is 5.75 Å². The van der Waals surface area contributed by atoms with Gasteiger partial charge in [-0.05, 0) is 79.6 Å². The van der Waals surface area contributed by atoms with Crippen LogP contribution in [0.3, 0.4) is 0 Å². The molecule has 1 aliphatic heterocycles. The number of urea groups is 1. The van der Waals surface area contributed by atoms with E-state index in [2.05, 4.69) is 42.5 Å².